The molecule has 2 aliphatic rings. The summed E-state index contributed by atoms with van der Waals surface area (Å²) in [4.78, 5) is 0. The summed E-state index contributed by atoms with van der Waals surface area (Å²) in [6, 6.07) is 31.1. The Labute approximate surface area is 271 Å². The van der Waals surface area contributed by atoms with E-state index in [2.05, 4.69) is 113 Å². The van der Waals surface area contributed by atoms with Crippen molar-refractivity contribution in [3.63, 3.8) is 0 Å². The highest BCUT2D eigenvalue weighted by atomic mass is 16.5. The third-order valence-corrected chi connectivity index (χ3v) is 10.1. The van der Waals surface area contributed by atoms with Gasteiger partial charge in [0.05, 0.1) is 39.6 Å². The summed E-state index contributed by atoms with van der Waals surface area (Å²) in [5.41, 5.74) is 5.28. The van der Waals surface area contributed by atoms with Crippen molar-refractivity contribution in [2.45, 2.75) is 40.5 Å². The molecule has 2 saturated heterocycles. The molecule has 6 aromatic carbocycles. The molecule has 234 valence electrons. The predicted octanol–water partition coefficient (Wildman–Crippen LogP) is 9.92. The lowest BCUT2D eigenvalue weighted by atomic mass is 9.82. The standard InChI is InChI=1S/C42H42O4/c1-5-27-13-11-19-33-35(27)37(29-15-7-9-17-31(29)39(33)45-25-41(3)21-43-22-41)38-30-16-8-10-18-32(30)40(46-26-42(4)23-44-24-42)34-20-12-14-28(6-2)36(34)38/h7-20H,5-6,21-26H2,1-4H3. The number of aryl methyl sites for hydroxylation is 2. The topological polar surface area (TPSA) is 36.9 Å². The Bertz CT molecular complexity index is 1970. The largest absolute Gasteiger partial charge is 0.492 e. The molecule has 4 nitrogen and oxygen atoms in total. The van der Waals surface area contributed by atoms with Gasteiger partial charge in [0.15, 0.2) is 0 Å². The first-order valence-corrected chi connectivity index (χ1v) is 16.8. The van der Waals surface area contributed by atoms with Gasteiger partial charge in [-0.05, 0) is 56.6 Å². The quantitative estimate of drug-likeness (QED) is 0.153. The van der Waals surface area contributed by atoms with Crippen molar-refractivity contribution in [3.8, 4) is 22.6 Å². The Morgan fingerprint density at radius 2 is 0.870 bits per heavy atom. The average Bonchev–Trinajstić information content (AvgIpc) is 3.06. The van der Waals surface area contributed by atoms with Gasteiger partial charge >= 0.3 is 0 Å². The minimum atomic E-state index is 0.0371. The molecule has 4 heteroatoms. The van der Waals surface area contributed by atoms with Crippen LogP contribution >= 0.6 is 0 Å². The van der Waals surface area contributed by atoms with Gasteiger partial charge in [0, 0.05) is 32.4 Å². The van der Waals surface area contributed by atoms with Crippen LogP contribution in [0.1, 0.15) is 38.8 Å². The van der Waals surface area contributed by atoms with Crippen molar-refractivity contribution in [2.24, 2.45) is 10.8 Å². The third kappa shape index (κ3) is 4.65. The van der Waals surface area contributed by atoms with Crippen LogP contribution in [-0.4, -0.2) is 39.6 Å². The van der Waals surface area contributed by atoms with Gasteiger partial charge in [0.1, 0.15) is 11.5 Å². The first-order chi connectivity index (χ1) is 22.4. The smallest absolute Gasteiger partial charge is 0.135 e. The summed E-state index contributed by atoms with van der Waals surface area (Å²) in [7, 11) is 0. The van der Waals surface area contributed by atoms with Gasteiger partial charge in [0.25, 0.3) is 0 Å². The number of fused-ring (bicyclic) bond motifs is 4. The van der Waals surface area contributed by atoms with Gasteiger partial charge in [-0.25, -0.2) is 0 Å². The van der Waals surface area contributed by atoms with E-state index < -0.39 is 0 Å². The molecule has 0 unspecified atom stereocenters. The average molecular weight is 611 g/mol. The zero-order valence-corrected chi connectivity index (χ0v) is 27.4. The molecular weight excluding hydrogens is 568 g/mol. The van der Waals surface area contributed by atoms with Crippen molar-refractivity contribution >= 4 is 43.1 Å². The normalized spacial score (nSPS) is 16.9. The fourth-order valence-corrected chi connectivity index (χ4v) is 7.51. The lowest BCUT2D eigenvalue weighted by molar-refractivity contribution is -0.120. The second-order valence-electron chi connectivity index (χ2n) is 14.1. The molecule has 0 aromatic heterocycles. The lowest BCUT2D eigenvalue weighted by Crippen LogP contribution is -2.44. The van der Waals surface area contributed by atoms with Gasteiger partial charge in [-0.2, -0.15) is 0 Å². The van der Waals surface area contributed by atoms with Crippen LogP contribution in [0.3, 0.4) is 0 Å². The Hall–Kier alpha value is -4.12. The van der Waals surface area contributed by atoms with Crippen LogP contribution in [0.25, 0.3) is 54.2 Å². The van der Waals surface area contributed by atoms with Gasteiger partial charge in [-0.1, -0.05) is 113 Å². The Morgan fingerprint density at radius 3 is 1.22 bits per heavy atom. The number of ether oxygens (including phenoxy) is 4. The molecule has 0 amide bonds. The monoisotopic (exact) mass is 610 g/mol. The van der Waals surface area contributed by atoms with Gasteiger partial charge in [-0.3, -0.25) is 0 Å². The number of hydrogen-bond acceptors (Lipinski definition) is 4. The second kappa shape index (κ2) is 11.3. The molecule has 0 saturated carbocycles. The van der Waals surface area contributed by atoms with Crippen LogP contribution in [0.15, 0.2) is 84.9 Å². The number of rotatable bonds is 9. The fourth-order valence-electron chi connectivity index (χ4n) is 7.51. The van der Waals surface area contributed by atoms with Crippen LogP contribution < -0.4 is 9.47 Å². The molecule has 2 fully saturated rings. The molecule has 0 atom stereocenters. The Balaban J connectivity index is 1.49. The molecule has 0 radical (unpaired) electrons. The maximum atomic E-state index is 6.84. The summed E-state index contributed by atoms with van der Waals surface area (Å²) >= 11 is 0. The summed E-state index contributed by atoms with van der Waals surface area (Å²) in [6.07, 6.45) is 1.85. The summed E-state index contributed by atoms with van der Waals surface area (Å²) < 4.78 is 24.8. The van der Waals surface area contributed by atoms with Gasteiger partial charge in [0.2, 0.25) is 0 Å². The minimum absolute atomic E-state index is 0.0371. The molecular formula is C42H42O4. The fraction of sp³-hybridized carbons (Fsp3) is 0.333. The molecule has 6 aromatic rings. The Morgan fingerprint density at radius 1 is 0.500 bits per heavy atom. The van der Waals surface area contributed by atoms with Crippen LogP contribution in [0, 0.1) is 10.8 Å². The van der Waals surface area contributed by atoms with E-state index in [9.17, 15) is 0 Å². The van der Waals surface area contributed by atoms with Crippen LogP contribution in [0.5, 0.6) is 11.5 Å². The predicted molar refractivity (Wildman–Crippen MR) is 189 cm³/mol. The van der Waals surface area contributed by atoms with Crippen molar-refractivity contribution in [1.29, 1.82) is 0 Å². The second-order valence-corrected chi connectivity index (χ2v) is 14.1. The van der Waals surface area contributed by atoms with E-state index >= 15 is 0 Å². The van der Waals surface area contributed by atoms with Crippen molar-refractivity contribution in [2.75, 3.05) is 39.6 Å². The maximum Gasteiger partial charge on any atom is 0.135 e. The molecule has 0 spiro atoms. The molecule has 0 N–H and O–H groups in total. The highest BCUT2D eigenvalue weighted by Crippen LogP contribution is 2.52. The first kappa shape index (κ1) is 29.3. The van der Waals surface area contributed by atoms with Gasteiger partial charge < -0.3 is 18.9 Å². The van der Waals surface area contributed by atoms with Crippen LogP contribution in [0.4, 0.5) is 0 Å². The van der Waals surface area contributed by atoms with Gasteiger partial charge in [-0.15, -0.1) is 0 Å². The lowest BCUT2D eigenvalue weighted by Gasteiger charge is -2.38. The van der Waals surface area contributed by atoms with E-state index in [0.29, 0.717) is 13.2 Å². The third-order valence-electron chi connectivity index (χ3n) is 10.1. The molecule has 8 rings (SSSR count). The zero-order chi connectivity index (χ0) is 31.5. The number of benzene rings is 6. The highest BCUT2D eigenvalue weighted by Gasteiger charge is 2.36. The molecule has 46 heavy (non-hydrogen) atoms. The van der Waals surface area contributed by atoms with Crippen molar-refractivity contribution < 1.29 is 18.9 Å². The van der Waals surface area contributed by atoms with E-state index in [0.717, 1.165) is 61.5 Å². The zero-order valence-electron chi connectivity index (χ0n) is 27.4. The van der Waals surface area contributed by atoms with E-state index in [1.54, 1.807) is 0 Å². The molecule has 0 aliphatic carbocycles. The van der Waals surface area contributed by atoms with Crippen LogP contribution in [-0.2, 0) is 22.3 Å². The van der Waals surface area contributed by atoms with E-state index in [4.69, 9.17) is 18.9 Å². The molecule has 0 bridgehead atoms. The SMILES string of the molecule is CCc1cccc2c(OCC3(C)COC3)c3ccccc3c(-c3c4ccccc4c(OCC4(C)COC4)c4cccc(CC)c34)c12. The van der Waals surface area contributed by atoms with Crippen molar-refractivity contribution in [3.05, 3.63) is 96.1 Å². The highest BCUT2D eigenvalue weighted by molar-refractivity contribution is 6.27. The summed E-state index contributed by atoms with van der Waals surface area (Å²) in [5, 5.41) is 9.61. The summed E-state index contributed by atoms with van der Waals surface area (Å²) in [5.74, 6) is 1.94. The molecule has 2 heterocycles. The van der Waals surface area contributed by atoms with E-state index in [1.165, 1.54) is 54.6 Å². The Kier molecular flexibility index (Phi) is 7.19. The van der Waals surface area contributed by atoms with E-state index in [1.807, 2.05) is 0 Å². The first-order valence-electron chi connectivity index (χ1n) is 16.8. The minimum Gasteiger partial charge on any atom is -0.492 e. The summed E-state index contributed by atoms with van der Waals surface area (Å²) in [6.45, 7) is 13.2. The molecule has 2 aliphatic heterocycles. The number of hydrogen-bond donors (Lipinski definition) is 0. The van der Waals surface area contributed by atoms with Crippen LogP contribution in [0.2, 0.25) is 0 Å². The van der Waals surface area contributed by atoms with E-state index in [-0.39, 0.29) is 10.8 Å². The maximum absolute atomic E-state index is 6.84. The van der Waals surface area contributed by atoms with Crippen molar-refractivity contribution in [1.82, 2.24) is 0 Å².